The van der Waals surface area contributed by atoms with Gasteiger partial charge >= 0.3 is 0 Å². The molecule has 3 heterocycles. The van der Waals surface area contributed by atoms with Crippen LogP contribution in [0.5, 0.6) is 5.75 Å². The third-order valence-electron chi connectivity index (χ3n) is 5.34. The summed E-state index contributed by atoms with van der Waals surface area (Å²) in [5.41, 5.74) is 3.64. The zero-order valence-electron chi connectivity index (χ0n) is 17.9. The predicted molar refractivity (Wildman–Crippen MR) is 120 cm³/mol. The highest BCUT2D eigenvalue weighted by atomic mass is 16.5. The highest BCUT2D eigenvalue weighted by molar-refractivity contribution is 5.92. The second-order valence-corrected chi connectivity index (χ2v) is 7.61. The van der Waals surface area contributed by atoms with Crippen LogP contribution in [-0.4, -0.2) is 37.3 Å². The molecule has 2 aromatic carbocycles. The van der Waals surface area contributed by atoms with Gasteiger partial charge in [-0.2, -0.15) is 4.98 Å². The van der Waals surface area contributed by atoms with E-state index in [9.17, 15) is 4.79 Å². The molecule has 2 aromatic heterocycles. The lowest BCUT2D eigenvalue weighted by Gasteiger charge is -2.25. The van der Waals surface area contributed by atoms with Gasteiger partial charge in [-0.25, -0.2) is 9.67 Å². The number of carbonyl (C=O) groups is 1. The molecule has 32 heavy (non-hydrogen) atoms. The van der Waals surface area contributed by atoms with Gasteiger partial charge in [-0.3, -0.25) is 9.69 Å². The highest BCUT2D eigenvalue weighted by Gasteiger charge is 2.28. The van der Waals surface area contributed by atoms with Gasteiger partial charge in [-0.15, -0.1) is 5.10 Å². The largest absolute Gasteiger partial charge is 0.494 e. The SMILES string of the molecule is COc1cc(Nc2nc3n(n2)CCC(=O)N3Cc2ccccc2)ccc1-n1cnc(C)c1. The summed E-state index contributed by atoms with van der Waals surface area (Å²) in [6, 6.07) is 15.6. The van der Waals surface area contributed by atoms with Crippen molar-refractivity contribution in [2.75, 3.05) is 17.3 Å². The third-order valence-corrected chi connectivity index (χ3v) is 5.34. The molecule has 1 amide bonds. The second kappa shape index (κ2) is 8.18. The lowest BCUT2D eigenvalue weighted by atomic mass is 10.2. The minimum absolute atomic E-state index is 0.0435. The Hall–Kier alpha value is -4.14. The Morgan fingerprint density at radius 1 is 1.16 bits per heavy atom. The number of nitrogens with one attached hydrogen (secondary N) is 1. The first-order valence-electron chi connectivity index (χ1n) is 10.4. The minimum Gasteiger partial charge on any atom is -0.494 e. The zero-order chi connectivity index (χ0) is 22.1. The fourth-order valence-corrected chi connectivity index (χ4v) is 3.76. The van der Waals surface area contributed by atoms with Gasteiger partial charge in [0.25, 0.3) is 0 Å². The van der Waals surface area contributed by atoms with Gasteiger partial charge in [0, 0.05) is 24.4 Å². The molecule has 0 fully saturated rings. The molecule has 5 rings (SSSR count). The Morgan fingerprint density at radius 2 is 2.00 bits per heavy atom. The Kier molecular flexibility index (Phi) is 5.06. The van der Waals surface area contributed by atoms with Crippen molar-refractivity contribution >= 4 is 23.5 Å². The van der Waals surface area contributed by atoms with Crippen LogP contribution in [-0.2, 0) is 17.9 Å². The number of methoxy groups -OCH3 is 1. The lowest BCUT2D eigenvalue weighted by molar-refractivity contribution is -0.119. The highest BCUT2D eigenvalue weighted by Crippen LogP contribution is 2.29. The van der Waals surface area contributed by atoms with E-state index in [0.29, 0.717) is 37.2 Å². The number of nitrogens with zero attached hydrogens (tertiary/aromatic N) is 6. The van der Waals surface area contributed by atoms with Crippen LogP contribution in [0.2, 0.25) is 0 Å². The number of imidazole rings is 1. The molecule has 0 bridgehead atoms. The van der Waals surface area contributed by atoms with Crippen LogP contribution in [0.25, 0.3) is 5.69 Å². The molecule has 1 aliphatic rings. The van der Waals surface area contributed by atoms with Gasteiger partial charge in [-0.05, 0) is 24.6 Å². The van der Waals surface area contributed by atoms with Gasteiger partial charge in [0.2, 0.25) is 17.8 Å². The summed E-state index contributed by atoms with van der Waals surface area (Å²) in [6.45, 7) is 2.91. The first kappa shape index (κ1) is 19.8. The number of hydrogen-bond acceptors (Lipinski definition) is 6. The van der Waals surface area contributed by atoms with Crippen LogP contribution in [0, 0.1) is 6.92 Å². The van der Waals surface area contributed by atoms with E-state index in [0.717, 1.165) is 22.6 Å². The molecule has 1 aliphatic heterocycles. The molecule has 1 N–H and O–H groups in total. The van der Waals surface area contributed by atoms with Crippen LogP contribution < -0.4 is 15.0 Å². The van der Waals surface area contributed by atoms with Crippen LogP contribution in [0.15, 0.2) is 61.1 Å². The molecule has 0 aliphatic carbocycles. The van der Waals surface area contributed by atoms with Crippen LogP contribution in [0.1, 0.15) is 17.7 Å². The monoisotopic (exact) mass is 429 g/mol. The maximum atomic E-state index is 12.6. The van der Waals surface area contributed by atoms with Crippen molar-refractivity contribution in [3.05, 3.63) is 72.3 Å². The van der Waals surface area contributed by atoms with Gasteiger partial charge in [-0.1, -0.05) is 30.3 Å². The maximum absolute atomic E-state index is 12.6. The van der Waals surface area contributed by atoms with E-state index in [-0.39, 0.29) is 5.91 Å². The fourth-order valence-electron chi connectivity index (χ4n) is 3.76. The molecule has 0 spiro atoms. The number of carbonyl (C=O) groups excluding carboxylic acids is 1. The molecule has 9 nitrogen and oxygen atoms in total. The van der Waals surface area contributed by atoms with Gasteiger partial charge in [0.1, 0.15) is 5.75 Å². The van der Waals surface area contributed by atoms with Crippen molar-refractivity contribution < 1.29 is 9.53 Å². The van der Waals surface area contributed by atoms with E-state index in [1.165, 1.54) is 0 Å². The second-order valence-electron chi connectivity index (χ2n) is 7.61. The molecular weight excluding hydrogens is 406 g/mol. The van der Waals surface area contributed by atoms with E-state index in [2.05, 4.69) is 20.4 Å². The number of benzene rings is 2. The Labute approximate surface area is 185 Å². The van der Waals surface area contributed by atoms with E-state index in [4.69, 9.17) is 4.74 Å². The summed E-state index contributed by atoms with van der Waals surface area (Å²) in [5, 5.41) is 7.79. The molecule has 9 heteroatoms. The number of aryl methyl sites for hydroxylation is 2. The maximum Gasteiger partial charge on any atom is 0.248 e. The summed E-state index contributed by atoms with van der Waals surface area (Å²) in [4.78, 5) is 23.1. The Bertz CT molecular complexity index is 1260. The van der Waals surface area contributed by atoms with Crippen molar-refractivity contribution in [3.63, 3.8) is 0 Å². The number of rotatable bonds is 6. The Balaban J connectivity index is 1.40. The number of aromatic nitrogens is 5. The quantitative estimate of drug-likeness (QED) is 0.505. The zero-order valence-corrected chi connectivity index (χ0v) is 17.9. The molecule has 0 saturated carbocycles. The normalized spacial score (nSPS) is 13.2. The number of fused-ring (bicyclic) bond motifs is 1. The minimum atomic E-state index is 0.0435. The predicted octanol–water partition coefficient (Wildman–Crippen LogP) is 3.46. The summed E-state index contributed by atoms with van der Waals surface area (Å²) in [7, 11) is 1.63. The van der Waals surface area contributed by atoms with Crippen molar-refractivity contribution in [3.8, 4) is 11.4 Å². The number of amides is 1. The first-order valence-corrected chi connectivity index (χ1v) is 10.4. The van der Waals surface area contributed by atoms with Gasteiger partial charge in [0.15, 0.2) is 0 Å². The molecule has 162 valence electrons. The number of ether oxygens (including phenoxy) is 1. The third kappa shape index (κ3) is 3.80. The topological polar surface area (TPSA) is 90.1 Å². The van der Waals surface area contributed by atoms with E-state index < -0.39 is 0 Å². The summed E-state index contributed by atoms with van der Waals surface area (Å²) >= 11 is 0. The van der Waals surface area contributed by atoms with Crippen molar-refractivity contribution in [1.82, 2.24) is 24.3 Å². The van der Waals surface area contributed by atoms with Crippen LogP contribution in [0.3, 0.4) is 0 Å². The summed E-state index contributed by atoms with van der Waals surface area (Å²) in [5.74, 6) is 1.71. The van der Waals surface area contributed by atoms with Crippen LogP contribution in [0.4, 0.5) is 17.6 Å². The standard InChI is InChI=1S/C23H23N7O2/c1-16-13-28(15-24-16)19-9-8-18(12-20(19)32-2)25-22-26-23-29(14-17-6-4-3-5-7-17)21(31)10-11-30(23)27-22/h3-9,12-13,15H,10-11,14H2,1-2H3,(H,25,27). The van der Waals surface area contributed by atoms with Crippen molar-refractivity contribution in [1.29, 1.82) is 0 Å². The Morgan fingerprint density at radius 3 is 2.75 bits per heavy atom. The van der Waals surface area contributed by atoms with E-state index >= 15 is 0 Å². The molecule has 0 unspecified atom stereocenters. The molecule has 0 atom stereocenters. The van der Waals surface area contributed by atoms with Gasteiger partial charge < -0.3 is 14.6 Å². The number of hydrogen-bond donors (Lipinski definition) is 1. The fraction of sp³-hybridized carbons (Fsp3) is 0.217. The lowest BCUT2D eigenvalue weighted by Crippen LogP contribution is -2.37. The smallest absolute Gasteiger partial charge is 0.248 e. The van der Waals surface area contributed by atoms with Gasteiger partial charge in [0.05, 0.1) is 37.9 Å². The molecule has 4 aromatic rings. The number of anilines is 3. The molecule has 0 radical (unpaired) electrons. The first-order chi connectivity index (χ1) is 15.6. The average Bonchev–Trinajstić information content (AvgIpc) is 3.42. The molecular formula is C23H23N7O2. The average molecular weight is 429 g/mol. The van der Waals surface area contributed by atoms with Crippen molar-refractivity contribution in [2.45, 2.75) is 26.4 Å². The van der Waals surface area contributed by atoms with E-state index in [1.807, 2.05) is 66.2 Å². The van der Waals surface area contributed by atoms with Crippen molar-refractivity contribution in [2.24, 2.45) is 0 Å². The van der Waals surface area contributed by atoms with E-state index in [1.54, 1.807) is 23.0 Å². The summed E-state index contributed by atoms with van der Waals surface area (Å²) < 4.78 is 9.26. The summed E-state index contributed by atoms with van der Waals surface area (Å²) in [6.07, 6.45) is 4.09. The van der Waals surface area contributed by atoms with Crippen LogP contribution >= 0.6 is 0 Å². The molecule has 0 saturated heterocycles.